The Balaban J connectivity index is 1.94. The van der Waals surface area contributed by atoms with E-state index in [2.05, 4.69) is 10.3 Å². The number of hydrazine groups is 1. The van der Waals surface area contributed by atoms with Crippen molar-refractivity contribution in [2.45, 2.75) is 20.3 Å². The number of rotatable bonds is 3. The van der Waals surface area contributed by atoms with Gasteiger partial charge >= 0.3 is 5.69 Å². The third-order valence-corrected chi connectivity index (χ3v) is 3.92. The van der Waals surface area contributed by atoms with Gasteiger partial charge in [0.25, 0.3) is 11.8 Å². The molecule has 0 aromatic carbocycles. The third kappa shape index (κ3) is 2.73. The second-order valence-corrected chi connectivity index (χ2v) is 5.70. The summed E-state index contributed by atoms with van der Waals surface area (Å²) in [5, 5.41) is 21.3. The Bertz CT molecular complexity index is 869. The Morgan fingerprint density at radius 3 is 2.44 bits per heavy atom. The molecule has 0 spiro atoms. The third-order valence-electron chi connectivity index (χ3n) is 3.92. The normalized spacial score (nSPS) is 14.2. The first-order chi connectivity index (χ1) is 11.8. The van der Waals surface area contributed by atoms with Crippen LogP contribution in [0.15, 0.2) is 10.6 Å². The van der Waals surface area contributed by atoms with E-state index in [0.29, 0.717) is 18.7 Å². The Hall–Kier alpha value is -3.24. The van der Waals surface area contributed by atoms with Gasteiger partial charge in [-0.25, -0.2) is 10.0 Å². The molecule has 2 amide bonds. The van der Waals surface area contributed by atoms with Gasteiger partial charge < -0.3 is 4.52 Å². The van der Waals surface area contributed by atoms with Crippen LogP contribution in [0.3, 0.4) is 0 Å². The molecular formula is C14H16N6O5. The molecule has 2 aromatic rings. The quantitative estimate of drug-likeness (QED) is 0.594. The second kappa shape index (κ2) is 6.00. The van der Waals surface area contributed by atoms with E-state index in [0.717, 1.165) is 4.68 Å². The maximum absolute atomic E-state index is 12.9. The fraction of sp³-hybridized carbons (Fsp3) is 0.429. The summed E-state index contributed by atoms with van der Waals surface area (Å²) in [5.74, 6) is -0.677. The molecule has 3 rings (SSSR count). The van der Waals surface area contributed by atoms with Crippen molar-refractivity contribution in [1.82, 2.24) is 25.0 Å². The van der Waals surface area contributed by atoms with E-state index in [4.69, 9.17) is 4.52 Å². The van der Waals surface area contributed by atoms with Gasteiger partial charge in [-0.05, 0) is 20.3 Å². The van der Waals surface area contributed by atoms with Gasteiger partial charge in [0.05, 0.1) is 4.92 Å². The van der Waals surface area contributed by atoms with Crippen molar-refractivity contribution in [1.29, 1.82) is 0 Å². The first-order valence-electron chi connectivity index (χ1n) is 7.56. The van der Waals surface area contributed by atoms with E-state index in [1.165, 1.54) is 30.1 Å². The van der Waals surface area contributed by atoms with Crippen molar-refractivity contribution in [2.75, 3.05) is 13.1 Å². The molecule has 0 N–H and O–H groups in total. The minimum absolute atomic E-state index is 0.0767. The van der Waals surface area contributed by atoms with Crippen LogP contribution in [0, 0.1) is 24.0 Å². The predicted octanol–water partition coefficient (Wildman–Crippen LogP) is 0.836. The van der Waals surface area contributed by atoms with Gasteiger partial charge in [0.1, 0.15) is 11.5 Å². The van der Waals surface area contributed by atoms with Gasteiger partial charge in [-0.2, -0.15) is 5.10 Å². The number of amides is 2. The lowest BCUT2D eigenvalue weighted by atomic mass is 10.3. The van der Waals surface area contributed by atoms with E-state index in [9.17, 15) is 19.7 Å². The van der Waals surface area contributed by atoms with Crippen molar-refractivity contribution in [3.05, 3.63) is 39.0 Å². The van der Waals surface area contributed by atoms with E-state index in [-0.39, 0.29) is 29.3 Å². The second-order valence-electron chi connectivity index (χ2n) is 5.70. The molecule has 11 nitrogen and oxygen atoms in total. The summed E-state index contributed by atoms with van der Waals surface area (Å²) in [6, 6.07) is 1.47. The Kier molecular flexibility index (Phi) is 3.99. The van der Waals surface area contributed by atoms with E-state index >= 15 is 0 Å². The van der Waals surface area contributed by atoms with Gasteiger partial charge in [-0.15, -0.1) is 0 Å². The summed E-state index contributed by atoms with van der Waals surface area (Å²) in [4.78, 5) is 36.1. The van der Waals surface area contributed by atoms with Crippen LogP contribution < -0.4 is 0 Å². The maximum atomic E-state index is 12.9. The summed E-state index contributed by atoms with van der Waals surface area (Å²) in [7, 11) is 1.45. The average Bonchev–Trinajstić information content (AvgIpc) is 3.24. The Labute approximate surface area is 141 Å². The molecule has 0 saturated carbocycles. The van der Waals surface area contributed by atoms with Gasteiger partial charge in [-0.1, -0.05) is 5.16 Å². The largest absolute Gasteiger partial charge is 0.361 e. The fourth-order valence-electron chi connectivity index (χ4n) is 2.86. The number of carbonyl (C=O) groups is 2. The highest BCUT2D eigenvalue weighted by Gasteiger charge is 2.38. The lowest BCUT2D eigenvalue weighted by Crippen LogP contribution is -2.45. The van der Waals surface area contributed by atoms with Crippen molar-refractivity contribution >= 4 is 17.5 Å². The fourth-order valence-corrected chi connectivity index (χ4v) is 2.86. The highest BCUT2D eigenvalue weighted by atomic mass is 16.6. The number of hydrogen-bond acceptors (Lipinski definition) is 7. The van der Waals surface area contributed by atoms with E-state index in [1.807, 2.05) is 0 Å². The maximum Gasteiger partial charge on any atom is 0.322 e. The zero-order chi connectivity index (χ0) is 18.3. The van der Waals surface area contributed by atoms with E-state index < -0.39 is 16.7 Å². The first-order valence-corrected chi connectivity index (χ1v) is 7.56. The molecule has 0 aliphatic carbocycles. The minimum atomic E-state index is -0.652. The van der Waals surface area contributed by atoms with Crippen LogP contribution in [-0.4, -0.2) is 54.8 Å². The predicted molar refractivity (Wildman–Crippen MR) is 82.5 cm³/mol. The number of nitrogens with zero attached hydrogens (tertiary/aromatic N) is 6. The van der Waals surface area contributed by atoms with Crippen molar-refractivity contribution in [2.24, 2.45) is 7.05 Å². The van der Waals surface area contributed by atoms with Crippen LogP contribution >= 0.6 is 0 Å². The van der Waals surface area contributed by atoms with Gasteiger partial charge in [0, 0.05) is 26.2 Å². The van der Waals surface area contributed by atoms with Crippen LogP contribution in [0.2, 0.25) is 0 Å². The molecule has 132 valence electrons. The Morgan fingerprint density at radius 2 is 1.88 bits per heavy atom. The average molecular weight is 348 g/mol. The smallest absolute Gasteiger partial charge is 0.322 e. The topological polar surface area (TPSA) is 128 Å². The number of carbonyl (C=O) groups excluding carboxylic acids is 2. The molecule has 1 saturated heterocycles. The van der Waals surface area contributed by atoms with Gasteiger partial charge in [-0.3, -0.25) is 24.4 Å². The van der Waals surface area contributed by atoms with Crippen LogP contribution in [-0.2, 0) is 7.05 Å². The molecule has 0 bridgehead atoms. The molecule has 1 fully saturated rings. The number of aryl methyl sites for hydroxylation is 3. The lowest BCUT2D eigenvalue weighted by Gasteiger charge is -2.26. The number of aromatic nitrogens is 3. The highest BCUT2D eigenvalue weighted by Crippen LogP contribution is 2.26. The SMILES string of the molecule is Cc1cc(C(=O)N2CCCN2C(=O)c2c([N+](=O)[O-])c(C)nn2C)no1. The minimum Gasteiger partial charge on any atom is -0.361 e. The standard InChI is InChI=1S/C14H16N6O5/c1-8-7-10(16-25-8)13(21)18-5-4-6-19(18)14(22)12-11(20(23)24)9(2)15-17(12)3/h7H,4-6H2,1-3H3. The molecule has 11 heteroatoms. The summed E-state index contributed by atoms with van der Waals surface area (Å²) in [6.45, 7) is 3.68. The lowest BCUT2D eigenvalue weighted by molar-refractivity contribution is -0.385. The molecule has 3 heterocycles. The first kappa shape index (κ1) is 16.6. The zero-order valence-electron chi connectivity index (χ0n) is 13.9. The van der Waals surface area contributed by atoms with Crippen LogP contribution in [0.25, 0.3) is 0 Å². The monoisotopic (exact) mass is 348 g/mol. The molecule has 1 aliphatic rings. The summed E-state index contributed by atoms with van der Waals surface area (Å²) >= 11 is 0. The van der Waals surface area contributed by atoms with Gasteiger partial charge in [0.15, 0.2) is 5.69 Å². The molecule has 0 atom stereocenters. The van der Waals surface area contributed by atoms with E-state index in [1.54, 1.807) is 6.92 Å². The van der Waals surface area contributed by atoms with Crippen LogP contribution in [0.5, 0.6) is 0 Å². The van der Waals surface area contributed by atoms with Gasteiger partial charge in [0.2, 0.25) is 5.69 Å². The van der Waals surface area contributed by atoms with Crippen molar-refractivity contribution < 1.29 is 19.0 Å². The Morgan fingerprint density at radius 1 is 1.24 bits per heavy atom. The molecule has 2 aromatic heterocycles. The number of nitro groups is 1. The molecule has 0 unspecified atom stereocenters. The summed E-state index contributed by atoms with van der Waals surface area (Å²) in [6.07, 6.45) is 0.555. The summed E-state index contributed by atoms with van der Waals surface area (Å²) < 4.78 is 6.06. The zero-order valence-corrected chi connectivity index (χ0v) is 13.9. The highest BCUT2D eigenvalue weighted by molar-refractivity contribution is 6.00. The molecule has 25 heavy (non-hydrogen) atoms. The van der Waals surface area contributed by atoms with Crippen molar-refractivity contribution in [3.8, 4) is 0 Å². The van der Waals surface area contributed by atoms with Crippen molar-refractivity contribution in [3.63, 3.8) is 0 Å². The molecular weight excluding hydrogens is 332 g/mol. The van der Waals surface area contributed by atoms with Crippen LogP contribution in [0.1, 0.15) is 38.9 Å². The summed E-state index contributed by atoms with van der Waals surface area (Å²) in [5.41, 5.74) is -0.310. The number of hydrogen-bond donors (Lipinski definition) is 0. The molecule has 1 aliphatic heterocycles. The molecule has 0 radical (unpaired) electrons. The van der Waals surface area contributed by atoms with Crippen LogP contribution in [0.4, 0.5) is 5.69 Å².